The number of hydrogen-bond donors (Lipinski definition) is 1. The molecule has 0 spiro atoms. The van der Waals surface area contributed by atoms with Crippen LogP contribution in [0.1, 0.15) is 31.6 Å². The van der Waals surface area contributed by atoms with Crippen molar-refractivity contribution in [1.82, 2.24) is 24.6 Å². The molecule has 0 radical (unpaired) electrons. The zero-order valence-corrected chi connectivity index (χ0v) is 13.7. The Kier molecular flexibility index (Phi) is 3.93. The fraction of sp³-hybridized carbons (Fsp3) is 0.294. The first-order valence-electron chi connectivity index (χ1n) is 8.17. The quantitative estimate of drug-likeness (QED) is 0.772. The summed E-state index contributed by atoms with van der Waals surface area (Å²) >= 11 is 0. The Morgan fingerprint density at radius 2 is 2.16 bits per heavy atom. The smallest absolute Gasteiger partial charge is 0.322 e. The van der Waals surface area contributed by atoms with E-state index in [1.165, 1.54) is 4.68 Å². The van der Waals surface area contributed by atoms with Crippen LogP contribution in [-0.2, 0) is 0 Å². The summed E-state index contributed by atoms with van der Waals surface area (Å²) in [7, 11) is 0. The number of urea groups is 1. The molecule has 3 aromatic rings. The minimum absolute atomic E-state index is 0.130. The van der Waals surface area contributed by atoms with Gasteiger partial charge in [-0.25, -0.2) is 19.4 Å². The van der Waals surface area contributed by atoms with Crippen LogP contribution in [0.2, 0.25) is 0 Å². The Labute approximate surface area is 144 Å². The summed E-state index contributed by atoms with van der Waals surface area (Å²) in [5.41, 5.74) is 0.592. The van der Waals surface area contributed by atoms with E-state index in [1.807, 2.05) is 24.0 Å². The topological polar surface area (TPSA) is 89.1 Å². The summed E-state index contributed by atoms with van der Waals surface area (Å²) in [6, 6.07) is 5.40. The highest BCUT2D eigenvalue weighted by atomic mass is 16.3. The fourth-order valence-corrected chi connectivity index (χ4v) is 2.77. The van der Waals surface area contributed by atoms with Crippen molar-refractivity contribution in [3.05, 3.63) is 55.0 Å². The van der Waals surface area contributed by atoms with Crippen molar-refractivity contribution in [2.24, 2.45) is 0 Å². The first-order valence-corrected chi connectivity index (χ1v) is 8.17. The Bertz CT molecular complexity index is 841. The molecule has 4 rings (SSSR count). The van der Waals surface area contributed by atoms with E-state index in [1.54, 1.807) is 37.1 Å². The number of hydrogen-bond acceptors (Lipinski definition) is 5. The van der Waals surface area contributed by atoms with Crippen LogP contribution in [0, 0.1) is 0 Å². The van der Waals surface area contributed by atoms with Crippen LogP contribution in [0.4, 0.5) is 10.5 Å². The maximum absolute atomic E-state index is 12.8. The van der Waals surface area contributed by atoms with E-state index in [2.05, 4.69) is 20.4 Å². The maximum atomic E-state index is 12.8. The van der Waals surface area contributed by atoms with E-state index in [9.17, 15) is 4.79 Å². The van der Waals surface area contributed by atoms with E-state index in [4.69, 9.17) is 4.42 Å². The number of nitrogens with one attached hydrogen (secondary N) is 1. The van der Waals surface area contributed by atoms with Crippen molar-refractivity contribution in [1.29, 1.82) is 0 Å². The van der Waals surface area contributed by atoms with Crippen LogP contribution in [0.15, 0.2) is 53.7 Å². The Hall–Kier alpha value is -3.16. The summed E-state index contributed by atoms with van der Waals surface area (Å²) in [5, 5.41) is 7.10. The van der Waals surface area contributed by atoms with Crippen LogP contribution in [0.3, 0.4) is 0 Å². The number of rotatable bonds is 5. The van der Waals surface area contributed by atoms with Crippen molar-refractivity contribution < 1.29 is 9.21 Å². The summed E-state index contributed by atoms with van der Waals surface area (Å²) in [5.74, 6) is 1.22. The van der Waals surface area contributed by atoms with Crippen molar-refractivity contribution >= 4 is 11.7 Å². The molecule has 3 aromatic heterocycles. The lowest BCUT2D eigenvalue weighted by atomic mass is 10.2. The van der Waals surface area contributed by atoms with Crippen LogP contribution in [0.25, 0.3) is 5.95 Å². The van der Waals surface area contributed by atoms with Crippen LogP contribution in [0.5, 0.6) is 0 Å². The maximum Gasteiger partial charge on any atom is 0.322 e. The molecule has 0 unspecified atom stereocenters. The Morgan fingerprint density at radius 1 is 1.36 bits per heavy atom. The van der Waals surface area contributed by atoms with Crippen molar-refractivity contribution in [3.8, 4) is 5.95 Å². The molecule has 25 heavy (non-hydrogen) atoms. The molecule has 1 N–H and O–H groups in total. The van der Waals surface area contributed by atoms with Crippen LogP contribution >= 0.6 is 0 Å². The summed E-state index contributed by atoms with van der Waals surface area (Å²) in [6.45, 7) is 1.97. The molecular weight excluding hydrogens is 320 g/mol. The SMILES string of the molecule is C[C@@H](c1ccco1)N(C(=O)Nc1cnn(-c2ncccn2)c1)C1CC1. The molecule has 3 heterocycles. The van der Waals surface area contributed by atoms with E-state index in [0.717, 1.165) is 18.6 Å². The van der Waals surface area contributed by atoms with Crippen molar-refractivity contribution in [3.63, 3.8) is 0 Å². The second kappa shape index (κ2) is 6.39. The summed E-state index contributed by atoms with van der Waals surface area (Å²) < 4.78 is 6.98. The summed E-state index contributed by atoms with van der Waals surface area (Å²) in [4.78, 5) is 22.9. The normalized spacial score (nSPS) is 14.9. The molecule has 8 nitrogen and oxygen atoms in total. The standard InChI is InChI=1S/C17H18N6O2/c1-12(15-4-2-9-25-15)23(14-5-6-14)17(24)21-13-10-20-22(11-13)16-18-7-3-8-19-16/h2-4,7-12,14H,5-6H2,1H3,(H,21,24)/t12-/m0/s1. The second-order valence-electron chi connectivity index (χ2n) is 5.98. The molecule has 0 bridgehead atoms. The van der Waals surface area contributed by atoms with E-state index in [-0.39, 0.29) is 18.1 Å². The first-order chi connectivity index (χ1) is 12.2. The third-order valence-corrected chi connectivity index (χ3v) is 4.14. The number of furan rings is 1. The molecule has 1 aliphatic carbocycles. The summed E-state index contributed by atoms with van der Waals surface area (Å²) in [6.07, 6.45) is 10.2. The average molecular weight is 338 g/mol. The molecule has 128 valence electrons. The van der Waals surface area contributed by atoms with Gasteiger partial charge in [-0.1, -0.05) is 0 Å². The minimum Gasteiger partial charge on any atom is -0.467 e. The predicted octanol–water partition coefficient (Wildman–Crippen LogP) is 3.01. The van der Waals surface area contributed by atoms with Gasteiger partial charge in [0, 0.05) is 18.4 Å². The molecule has 1 atom stereocenters. The van der Waals surface area contributed by atoms with Gasteiger partial charge in [0.2, 0.25) is 5.95 Å². The van der Waals surface area contributed by atoms with Gasteiger partial charge in [0.05, 0.1) is 30.4 Å². The van der Waals surface area contributed by atoms with E-state index in [0.29, 0.717) is 11.6 Å². The van der Waals surface area contributed by atoms with Crippen molar-refractivity contribution in [2.75, 3.05) is 5.32 Å². The highest BCUT2D eigenvalue weighted by Gasteiger charge is 2.37. The monoisotopic (exact) mass is 338 g/mol. The van der Waals surface area contributed by atoms with E-state index >= 15 is 0 Å². The van der Waals surface area contributed by atoms with Crippen LogP contribution < -0.4 is 5.32 Å². The molecule has 1 fully saturated rings. The van der Waals surface area contributed by atoms with Gasteiger partial charge in [0.25, 0.3) is 0 Å². The van der Waals surface area contributed by atoms with Gasteiger partial charge < -0.3 is 14.6 Å². The lowest BCUT2D eigenvalue weighted by Gasteiger charge is -2.27. The number of aromatic nitrogens is 4. The number of carbonyl (C=O) groups excluding carboxylic acids is 1. The van der Waals surface area contributed by atoms with Gasteiger partial charge >= 0.3 is 6.03 Å². The van der Waals surface area contributed by atoms with Gasteiger partial charge in [-0.15, -0.1) is 0 Å². The van der Waals surface area contributed by atoms with Gasteiger partial charge in [-0.2, -0.15) is 5.10 Å². The van der Waals surface area contributed by atoms with Gasteiger partial charge in [0.1, 0.15) is 5.76 Å². The van der Waals surface area contributed by atoms with Crippen molar-refractivity contribution in [2.45, 2.75) is 31.8 Å². The molecule has 0 aliphatic heterocycles. The Morgan fingerprint density at radius 3 is 2.84 bits per heavy atom. The second-order valence-corrected chi connectivity index (χ2v) is 5.98. The number of amides is 2. The number of carbonyl (C=O) groups is 1. The highest BCUT2D eigenvalue weighted by Crippen LogP contribution is 2.35. The average Bonchev–Trinajstić information content (AvgIpc) is 3.13. The number of anilines is 1. The molecule has 2 amide bonds. The van der Waals surface area contributed by atoms with Gasteiger partial charge in [0.15, 0.2) is 0 Å². The largest absolute Gasteiger partial charge is 0.467 e. The third-order valence-electron chi connectivity index (χ3n) is 4.14. The zero-order valence-electron chi connectivity index (χ0n) is 13.7. The lowest BCUT2D eigenvalue weighted by Crippen LogP contribution is -2.38. The molecule has 0 saturated heterocycles. The lowest BCUT2D eigenvalue weighted by molar-refractivity contribution is 0.179. The third kappa shape index (κ3) is 3.23. The minimum atomic E-state index is -0.167. The first kappa shape index (κ1) is 15.4. The molecule has 1 aliphatic rings. The zero-order chi connectivity index (χ0) is 17.2. The van der Waals surface area contributed by atoms with Gasteiger partial charge in [-0.05, 0) is 38.0 Å². The number of nitrogens with zero attached hydrogens (tertiary/aromatic N) is 5. The highest BCUT2D eigenvalue weighted by molar-refractivity contribution is 5.89. The van der Waals surface area contributed by atoms with Crippen LogP contribution in [-0.4, -0.2) is 36.7 Å². The predicted molar refractivity (Wildman–Crippen MR) is 90.2 cm³/mol. The fourth-order valence-electron chi connectivity index (χ4n) is 2.77. The van der Waals surface area contributed by atoms with E-state index < -0.39 is 0 Å². The molecule has 1 saturated carbocycles. The van der Waals surface area contributed by atoms with Gasteiger partial charge in [-0.3, -0.25) is 0 Å². The molecule has 8 heteroatoms. The Balaban J connectivity index is 1.50. The molecule has 0 aromatic carbocycles. The molecular formula is C17H18N6O2.